The number of fused-ring (bicyclic) bond motifs is 1. The number of carbonyl (C=O) groups is 6. The van der Waals surface area contributed by atoms with Gasteiger partial charge in [-0.2, -0.15) is 0 Å². The zero-order valence-electron chi connectivity index (χ0n) is 15.3. The van der Waals surface area contributed by atoms with Crippen LogP contribution in [0.4, 0.5) is 4.79 Å². The summed E-state index contributed by atoms with van der Waals surface area (Å²) in [6, 6.07) is -3.43. The van der Waals surface area contributed by atoms with E-state index in [1.165, 1.54) is 5.01 Å². The molecule has 0 aromatic rings. The normalized spacial score (nSPS) is 23.2. The molecule has 3 N–H and O–H groups in total. The van der Waals surface area contributed by atoms with E-state index >= 15 is 0 Å². The van der Waals surface area contributed by atoms with Crippen molar-refractivity contribution in [1.82, 2.24) is 20.7 Å². The molecule has 2 aliphatic rings. The second kappa shape index (κ2) is 9.15. The number of nitrogens with zero attached hydrogens (tertiary/aromatic N) is 2. The molecule has 0 bridgehead atoms. The zero-order chi connectivity index (χ0) is 20.8. The van der Waals surface area contributed by atoms with Crippen molar-refractivity contribution in [3.05, 3.63) is 0 Å². The predicted molar refractivity (Wildman–Crippen MR) is 90.4 cm³/mol. The second-order valence-corrected chi connectivity index (χ2v) is 6.43. The maximum atomic E-state index is 12.9. The van der Waals surface area contributed by atoms with E-state index in [0.717, 1.165) is 12.1 Å². The Hall–Kier alpha value is -3.18. The van der Waals surface area contributed by atoms with E-state index in [0.29, 0.717) is 12.7 Å². The number of hydrogen-bond donors (Lipinski definition) is 3. The van der Waals surface area contributed by atoms with E-state index in [1.807, 2.05) is 0 Å². The number of ether oxygens (including phenoxy) is 1. The summed E-state index contributed by atoms with van der Waals surface area (Å²) in [4.78, 5) is 71.3. The molecule has 2 saturated heterocycles. The number of hydrazine groups is 1. The van der Waals surface area contributed by atoms with Crippen LogP contribution in [0.5, 0.6) is 0 Å². The quantitative estimate of drug-likeness (QED) is 0.450. The Morgan fingerprint density at radius 3 is 2.64 bits per heavy atom. The summed E-state index contributed by atoms with van der Waals surface area (Å²) in [5.74, 6) is -3.05. The number of aldehydes is 1. The van der Waals surface area contributed by atoms with Crippen molar-refractivity contribution >= 4 is 36.1 Å². The fraction of sp³-hybridized carbons (Fsp3) is 0.625. The number of carboxylic acids is 1. The first-order valence-electron chi connectivity index (χ1n) is 8.73. The molecular formula is C16H22N4O8. The molecule has 12 nitrogen and oxygen atoms in total. The van der Waals surface area contributed by atoms with Crippen LogP contribution in [0.25, 0.3) is 0 Å². The average Bonchev–Trinajstić information content (AvgIpc) is 2.78. The van der Waals surface area contributed by atoms with Crippen LogP contribution in [0.2, 0.25) is 0 Å². The summed E-state index contributed by atoms with van der Waals surface area (Å²) in [5.41, 5.74) is 0. The molecule has 0 spiro atoms. The molecule has 3 atom stereocenters. The molecule has 4 amide bonds. The van der Waals surface area contributed by atoms with Crippen molar-refractivity contribution in [2.75, 3.05) is 13.7 Å². The minimum Gasteiger partial charge on any atom is -0.481 e. The lowest BCUT2D eigenvalue weighted by molar-refractivity contribution is -0.176. The van der Waals surface area contributed by atoms with Crippen molar-refractivity contribution in [2.45, 2.75) is 50.2 Å². The lowest BCUT2D eigenvalue weighted by atomic mass is 10.0. The predicted octanol–water partition coefficient (Wildman–Crippen LogP) is -1.60. The van der Waals surface area contributed by atoms with Gasteiger partial charge in [-0.1, -0.05) is 0 Å². The number of nitrogens with one attached hydrogen (secondary N) is 2. The highest BCUT2D eigenvalue weighted by Gasteiger charge is 2.44. The summed E-state index contributed by atoms with van der Waals surface area (Å²) in [6.07, 6.45) is -0.474. The van der Waals surface area contributed by atoms with E-state index in [9.17, 15) is 28.8 Å². The number of hydrogen-bond acceptors (Lipinski definition) is 7. The molecule has 0 radical (unpaired) electrons. The molecule has 2 rings (SSSR count). The van der Waals surface area contributed by atoms with Gasteiger partial charge in [-0.3, -0.25) is 24.2 Å². The van der Waals surface area contributed by atoms with Crippen LogP contribution >= 0.6 is 0 Å². The van der Waals surface area contributed by atoms with Gasteiger partial charge in [-0.25, -0.2) is 9.80 Å². The Labute approximate surface area is 160 Å². The van der Waals surface area contributed by atoms with Gasteiger partial charge in [-0.05, 0) is 19.3 Å². The fourth-order valence-corrected chi connectivity index (χ4v) is 3.21. The molecule has 0 aromatic heterocycles. The van der Waals surface area contributed by atoms with E-state index in [1.54, 1.807) is 0 Å². The highest BCUT2D eigenvalue weighted by molar-refractivity contribution is 5.95. The SMILES string of the molecule is COC(=O)N[C@H]1CCC(=O)N2CCC[C@@H](C(=O)N[C@H](C=O)CC(=O)O)N2C1=O. The van der Waals surface area contributed by atoms with Gasteiger partial charge >= 0.3 is 12.1 Å². The van der Waals surface area contributed by atoms with Crippen LogP contribution in [-0.4, -0.2) is 83.0 Å². The van der Waals surface area contributed by atoms with Crippen molar-refractivity contribution < 1.29 is 38.6 Å². The first kappa shape index (κ1) is 21.1. The van der Waals surface area contributed by atoms with Gasteiger partial charge in [0.05, 0.1) is 19.6 Å². The summed E-state index contributed by atoms with van der Waals surface area (Å²) < 4.78 is 4.49. The number of carboxylic acid groups (broad SMARTS) is 1. The number of amides is 4. The van der Waals surface area contributed by atoms with Crippen LogP contribution in [0.15, 0.2) is 0 Å². The molecule has 2 aliphatic heterocycles. The smallest absolute Gasteiger partial charge is 0.407 e. The molecular weight excluding hydrogens is 376 g/mol. The van der Waals surface area contributed by atoms with Gasteiger partial charge in [0.25, 0.3) is 5.91 Å². The Balaban J connectivity index is 2.24. The van der Waals surface area contributed by atoms with Crippen molar-refractivity contribution in [2.24, 2.45) is 0 Å². The Kier molecular flexibility index (Phi) is 6.90. The van der Waals surface area contributed by atoms with Crippen LogP contribution < -0.4 is 10.6 Å². The third kappa shape index (κ3) is 4.75. The van der Waals surface area contributed by atoms with Crippen molar-refractivity contribution in [3.8, 4) is 0 Å². The largest absolute Gasteiger partial charge is 0.481 e. The maximum absolute atomic E-state index is 12.9. The molecule has 12 heteroatoms. The maximum Gasteiger partial charge on any atom is 0.407 e. The molecule has 154 valence electrons. The number of alkyl carbamates (subject to hydrolysis) is 1. The molecule has 28 heavy (non-hydrogen) atoms. The first-order chi connectivity index (χ1) is 13.3. The topological polar surface area (TPSA) is 162 Å². The molecule has 2 heterocycles. The van der Waals surface area contributed by atoms with Gasteiger partial charge in [-0.15, -0.1) is 0 Å². The van der Waals surface area contributed by atoms with E-state index in [2.05, 4.69) is 15.4 Å². The van der Waals surface area contributed by atoms with Gasteiger partial charge in [0.1, 0.15) is 18.4 Å². The highest BCUT2D eigenvalue weighted by atomic mass is 16.5. The van der Waals surface area contributed by atoms with E-state index in [4.69, 9.17) is 5.11 Å². The van der Waals surface area contributed by atoms with Crippen LogP contribution in [-0.2, 0) is 28.7 Å². The zero-order valence-corrected chi connectivity index (χ0v) is 15.3. The lowest BCUT2D eigenvalue weighted by Gasteiger charge is -2.43. The Morgan fingerprint density at radius 1 is 1.32 bits per heavy atom. The number of rotatable bonds is 6. The van der Waals surface area contributed by atoms with Gasteiger partial charge in [0.2, 0.25) is 11.8 Å². The van der Waals surface area contributed by atoms with Crippen LogP contribution in [0.3, 0.4) is 0 Å². The first-order valence-corrected chi connectivity index (χ1v) is 8.73. The number of carbonyl (C=O) groups excluding carboxylic acids is 5. The van der Waals surface area contributed by atoms with Crippen LogP contribution in [0, 0.1) is 0 Å². The summed E-state index contributed by atoms with van der Waals surface area (Å²) in [6.45, 7) is 0.228. The third-order valence-corrected chi connectivity index (χ3v) is 4.53. The minimum absolute atomic E-state index is 0.0127. The van der Waals surface area contributed by atoms with E-state index < -0.39 is 48.4 Å². The third-order valence-electron chi connectivity index (χ3n) is 4.53. The molecule has 2 fully saturated rings. The summed E-state index contributed by atoms with van der Waals surface area (Å²) in [7, 11) is 1.13. The lowest BCUT2D eigenvalue weighted by Crippen LogP contribution is -2.64. The van der Waals surface area contributed by atoms with Crippen molar-refractivity contribution in [3.63, 3.8) is 0 Å². The standard InChI is InChI=1S/C16H22N4O8/c1-28-16(27)18-10-4-5-12(22)19-6-2-3-11(20(19)15(10)26)14(25)17-9(8-21)7-13(23)24/h8-11H,2-7H2,1H3,(H,17,25)(H,18,27)(H,23,24)/t9-,10-,11-/m0/s1. The molecule has 0 aromatic carbocycles. The Bertz CT molecular complexity index is 682. The van der Waals surface area contributed by atoms with E-state index in [-0.39, 0.29) is 31.7 Å². The average molecular weight is 398 g/mol. The molecule has 0 unspecified atom stereocenters. The summed E-state index contributed by atoms with van der Waals surface area (Å²) in [5, 5.41) is 15.6. The number of aliphatic carboxylic acids is 1. The second-order valence-electron chi connectivity index (χ2n) is 6.43. The molecule has 0 aliphatic carbocycles. The molecule has 0 saturated carbocycles. The van der Waals surface area contributed by atoms with Crippen molar-refractivity contribution in [1.29, 1.82) is 0 Å². The Morgan fingerprint density at radius 2 is 2.04 bits per heavy atom. The minimum atomic E-state index is -1.27. The van der Waals surface area contributed by atoms with Crippen LogP contribution in [0.1, 0.15) is 32.1 Å². The fourth-order valence-electron chi connectivity index (χ4n) is 3.21. The van der Waals surface area contributed by atoms with Gasteiger partial charge in [0.15, 0.2) is 0 Å². The summed E-state index contributed by atoms with van der Waals surface area (Å²) >= 11 is 0. The van der Waals surface area contributed by atoms with Gasteiger partial charge < -0.3 is 25.3 Å². The highest BCUT2D eigenvalue weighted by Crippen LogP contribution is 2.25. The van der Waals surface area contributed by atoms with Gasteiger partial charge in [0, 0.05) is 13.0 Å². The number of methoxy groups -OCH3 is 1. The monoisotopic (exact) mass is 398 g/mol.